The van der Waals surface area contributed by atoms with E-state index in [4.69, 9.17) is 9.47 Å². The molecule has 0 radical (unpaired) electrons. The number of methoxy groups -OCH3 is 1. The number of hydrogen-bond donors (Lipinski definition) is 1. The Kier molecular flexibility index (Phi) is 5.64. The number of carbonyl (C=O) groups excluding carboxylic acids is 2. The summed E-state index contributed by atoms with van der Waals surface area (Å²) in [6.45, 7) is 5.25. The molecular weight excluding hydrogens is 466 g/mol. The van der Waals surface area contributed by atoms with E-state index in [0.29, 0.717) is 38.6 Å². The molecule has 0 aliphatic carbocycles. The number of anilines is 1. The smallest absolute Gasteiger partial charge is 0.338 e. The van der Waals surface area contributed by atoms with Crippen LogP contribution in [0.3, 0.4) is 0 Å². The number of fused-ring (bicyclic) bond motifs is 2. The molecule has 2 aliphatic heterocycles. The Bertz CT molecular complexity index is 1600. The molecule has 0 fully saturated rings. The summed E-state index contributed by atoms with van der Waals surface area (Å²) in [5, 5.41) is 2.82. The fraction of sp³-hybridized carbons (Fsp3) is 0.231. The average molecular weight is 490 g/mol. The van der Waals surface area contributed by atoms with Crippen LogP contribution >= 0.6 is 11.3 Å². The first-order valence-electron chi connectivity index (χ1n) is 11.1. The van der Waals surface area contributed by atoms with Crippen LogP contribution in [-0.2, 0) is 14.3 Å². The number of hydrogen-bond acceptors (Lipinski definition) is 7. The van der Waals surface area contributed by atoms with Gasteiger partial charge < -0.3 is 14.8 Å². The summed E-state index contributed by atoms with van der Waals surface area (Å²) in [5.74, 6) is -0.303. The molecule has 3 aromatic rings. The topological polar surface area (TPSA) is 99.0 Å². The fourth-order valence-electron chi connectivity index (χ4n) is 4.38. The molecule has 1 atom stereocenters. The zero-order valence-electron chi connectivity index (χ0n) is 19.6. The molecular formula is C26H23N3O5S. The van der Waals surface area contributed by atoms with Crippen molar-refractivity contribution in [3.8, 4) is 5.75 Å². The average Bonchev–Trinajstić information content (AvgIpc) is 3.32. The van der Waals surface area contributed by atoms with E-state index in [1.165, 1.54) is 4.57 Å². The first-order chi connectivity index (χ1) is 16.8. The molecule has 8 nitrogen and oxygen atoms in total. The van der Waals surface area contributed by atoms with Gasteiger partial charge in [-0.25, -0.2) is 9.79 Å². The molecule has 0 saturated carbocycles. The van der Waals surface area contributed by atoms with Gasteiger partial charge in [0.05, 0.1) is 36.1 Å². The lowest BCUT2D eigenvalue weighted by atomic mass is 9.95. The standard InChI is InChI=1S/C26H23N3O5S/c1-13(2)34-25(32)19-14(3)27-26-29(21(19)15-8-7-9-16(12-15)33-4)24(31)22(35-26)20-17-10-5-6-11-18(17)28-23(20)30/h5-13,21H,1-4H3,(H,28,30). The van der Waals surface area contributed by atoms with Gasteiger partial charge in [-0.15, -0.1) is 0 Å². The summed E-state index contributed by atoms with van der Waals surface area (Å²) >= 11 is 1.13. The molecule has 1 amide bonds. The number of para-hydroxylation sites is 1. The number of aromatic nitrogens is 1. The van der Waals surface area contributed by atoms with Crippen molar-refractivity contribution in [1.29, 1.82) is 0 Å². The molecule has 0 saturated heterocycles. The second kappa shape index (κ2) is 8.66. The highest BCUT2D eigenvalue weighted by Gasteiger charge is 2.35. The number of amides is 1. The maximum Gasteiger partial charge on any atom is 0.338 e. The Morgan fingerprint density at radius 2 is 1.91 bits per heavy atom. The van der Waals surface area contributed by atoms with E-state index in [2.05, 4.69) is 10.3 Å². The molecule has 178 valence electrons. The third kappa shape index (κ3) is 3.77. The fourth-order valence-corrected chi connectivity index (χ4v) is 5.52. The van der Waals surface area contributed by atoms with Gasteiger partial charge in [-0.2, -0.15) is 0 Å². The van der Waals surface area contributed by atoms with E-state index in [1.54, 1.807) is 58.2 Å². The quantitative estimate of drug-likeness (QED) is 0.568. The van der Waals surface area contributed by atoms with E-state index < -0.39 is 17.6 Å². The Balaban J connectivity index is 1.81. The summed E-state index contributed by atoms with van der Waals surface area (Å²) in [6, 6.07) is 13.6. The molecule has 1 N–H and O–H groups in total. The third-order valence-corrected chi connectivity index (χ3v) is 6.92. The largest absolute Gasteiger partial charge is 0.497 e. The minimum Gasteiger partial charge on any atom is -0.497 e. The molecule has 35 heavy (non-hydrogen) atoms. The predicted molar refractivity (Wildman–Crippen MR) is 132 cm³/mol. The number of nitrogens with zero attached hydrogens (tertiary/aromatic N) is 2. The lowest BCUT2D eigenvalue weighted by Gasteiger charge is -2.25. The Hall–Kier alpha value is -3.98. The van der Waals surface area contributed by atoms with Crippen molar-refractivity contribution in [3.05, 3.63) is 90.6 Å². The van der Waals surface area contributed by atoms with Crippen LogP contribution in [0.4, 0.5) is 5.69 Å². The van der Waals surface area contributed by atoms with Crippen molar-refractivity contribution in [3.63, 3.8) is 0 Å². The number of ether oxygens (including phenoxy) is 2. The van der Waals surface area contributed by atoms with Gasteiger partial charge in [0.2, 0.25) is 0 Å². The maximum absolute atomic E-state index is 13.9. The van der Waals surface area contributed by atoms with Gasteiger partial charge in [-0.1, -0.05) is 41.7 Å². The SMILES string of the molecule is COc1cccc(C2C(C(=O)OC(C)C)=C(C)N=c3sc(=C4C(=O)Nc5ccccc54)c(=O)n32)c1. The summed E-state index contributed by atoms with van der Waals surface area (Å²) in [6.07, 6.45) is -0.348. The van der Waals surface area contributed by atoms with Gasteiger partial charge in [0.1, 0.15) is 10.3 Å². The molecule has 9 heteroatoms. The van der Waals surface area contributed by atoms with E-state index in [9.17, 15) is 14.4 Å². The molecule has 5 rings (SSSR count). The van der Waals surface area contributed by atoms with Crippen molar-refractivity contribution < 1.29 is 19.1 Å². The lowest BCUT2D eigenvalue weighted by Crippen LogP contribution is -2.40. The van der Waals surface area contributed by atoms with Crippen LogP contribution in [-0.4, -0.2) is 29.7 Å². The van der Waals surface area contributed by atoms with Crippen molar-refractivity contribution in [2.24, 2.45) is 4.99 Å². The van der Waals surface area contributed by atoms with Crippen LogP contribution in [0.1, 0.15) is 37.9 Å². The zero-order valence-corrected chi connectivity index (χ0v) is 20.4. The van der Waals surface area contributed by atoms with Gasteiger partial charge in [0.25, 0.3) is 11.5 Å². The van der Waals surface area contributed by atoms with Crippen LogP contribution in [0.15, 0.2) is 69.6 Å². The van der Waals surface area contributed by atoms with Crippen molar-refractivity contribution in [2.45, 2.75) is 32.9 Å². The lowest BCUT2D eigenvalue weighted by molar-refractivity contribution is -0.143. The summed E-state index contributed by atoms with van der Waals surface area (Å²) in [5.41, 5.74) is 2.62. The highest BCUT2D eigenvalue weighted by Crippen LogP contribution is 2.33. The van der Waals surface area contributed by atoms with Crippen LogP contribution in [0.25, 0.3) is 5.57 Å². The third-order valence-electron chi connectivity index (χ3n) is 5.87. The number of esters is 1. The van der Waals surface area contributed by atoms with Crippen LogP contribution in [0.2, 0.25) is 0 Å². The molecule has 3 heterocycles. The Labute approximate surface area is 204 Å². The van der Waals surface area contributed by atoms with Crippen LogP contribution < -0.4 is 24.9 Å². The van der Waals surface area contributed by atoms with Gasteiger partial charge in [-0.3, -0.25) is 14.2 Å². The first-order valence-corrected chi connectivity index (χ1v) is 11.9. The van der Waals surface area contributed by atoms with E-state index in [-0.39, 0.29) is 22.1 Å². The minimum absolute atomic E-state index is 0.269. The molecule has 1 unspecified atom stereocenters. The van der Waals surface area contributed by atoms with Crippen LogP contribution in [0, 0.1) is 0 Å². The van der Waals surface area contributed by atoms with Crippen molar-refractivity contribution in [2.75, 3.05) is 12.4 Å². The highest BCUT2D eigenvalue weighted by molar-refractivity contribution is 7.07. The molecule has 0 bridgehead atoms. The van der Waals surface area contributed by atoms with E-state index in [0.717, 1.165) is 11.3 Å². The van der Waals surface area contributed by atoms with Gasteiger partial charge in [-0.05, 0) is 44.5 Å². The number of rotatable bonds is 4. The second-order valence-corrected chi connectivity index (χ2v) is 9.49. The number of benzene rings is 2. The first kappa shape index (κ1) is 22.8. The molecule has 1 aromatic heterocycles. The highest BCUT2D eigenvalue weighted by atomic mass is 32.1. The summed E-state index contributed by atoms with van der Waals surface area (Å²) in [7, 11) is 1.55. The van der Waals surface area contributed by atoms with Crippen LogP contribution in [0.5, 0.6) is 5.75 Å². The number of carbonyl (C=O) groups is 2. The summed E-state index contributed by atoms with van der Waals surface area (Å²) < 4.78 is 12.7. The van der Waals surface area contributed by atoms with Crippen molar-refractivity contribution in [1.82, 2.24) is 4.57 Å². The summed E-state index contributed by atoms with van der Waals surface area (Å²) in [4.78, 5) is 45.0. The molecule has 2 aliphatic rings. The zero-order chi connectivity index (χ0) is 24.9. The monoisotopic (exact) mass is 489 g/mol. The Morgan fingerprint density at radius 1 is 1.14 bits per heavy atom. The van der Waals surface area contributed by atoms with Gasteiger partial charge >= 0.3 is 5.97 Å². The molecule has 2 aromatic carbocycles. The van der Waals surface area contributed by atoms with Gasteiger partial charge in [0, 0.05) is 11.3 Å². The normalized spacial score (nSPS) is 18.1. The second-order valence-electron chi connectivity index (χ2n) is 8.51. The van der Waals surface area contributed by atoms with E-state index >= 15 is 0 Å². The number of allylic oxidation sites excluding steroid dienone is 1. The van der Waals surface area contributed by atoms with E-state index in [1.807, 2.05) is 18.2 Å². The van der Waals surface area contributed by atoms with Crippen molar-refractivity contribution >= 4 is 34.5 Å². The molecule has 0 spiro atoms. The number of thiazole rings is 1. The predicted octanol–water partition coefficient (Wildman–Crippen LogP) is 2.52. The maximum atomic E-state index is 13.9. The number of nitrogens with one attached hydrogen (secondary N) is 1. The minimum atomic E-state index is -0.790. The Morgan fingerprint density at radius 3 is 2.66 bits per heavy atom. The van der Waals surface area contributed by atoms with Gasteiger partial charge in [0.15, 0.2) is 4.80 Å².